The SMILES string of the molecule is CC(C)CC(CCC(=O)O[SiH](c1ccccc1)c1ccccc1)NC(=O)c1ccccc1. The lowest BCUT2D eigenvalue weighted by molar-refractivity contribution is -0.134. The van der Waals surface area contributed by atoms with Crippen LogP contribution in [0.5, 0.6) is 0 Å². The lowest BCUT2D eigenvalue weighted by Gasteiger charge is -2.22. The fourth-order valence-corrected chi connectivity index (χ4v) is 5.92. The molecule has 3 rings (SSSR count). The van der Waals surface area contributed by atoms with E-state index in [0.29, 0.717) is 17.9 Å². The Morgan fingerprint density at radius 2 is 1.31 bits per heavy atom. The first kappa shape index (κ1) is 23.5. The van der Waals surface area contributed by atoms with Gasteiger partial charge < -0.3 is 9.74 Å². The van der Waals surface area contributed by atoms with Crippen LogP contribution in [-0.4, -0.2) is 27.0 Å². The number of benzene rings is 3. The predicted molar refractivity (Wildman–Crippen MR) is 132 cm³/mol. The molecule has 1 N–H and O–H groups in total. The van der Waals surface area contributed by atoms with Crippen molar-refractivity contribution in [3.8, 4) is 0 Å². The highest BCUT2D eigenvalue weighted by Crippen LogP contribution is 2.12. The van der Waals surface area contributed by atoms with Gasteiger partial charge in [-0.25, -0.2) is 0 Å². The summed E-state index contributed by atoms with van der Waals surface area (Å²) in [6.45, 7) is 4.24. The lowest BCUT2D eigenvalue weighted by Crippen LogP contribution is -2.46. The average Bonchev–Trinajstić information content (AvgIpc) is 2.82. The van der Waals surface area contributed by atoms with Crippen molar-refractivity contribution in [1.29, 1.82) is 0 Å². The summed E-state index contributed by atoms with van der Waals surface area (Å²) < 4.78 is 6.05. The molecule has 32 heavy (non-hydrogen) atoms. The Kier molecular flexibility index (Phi) is 8.81. The number of carbonyl (C=O) groups excluding carboxylic acids is 2. The Hall–Kier alpha value is -3.18. The molecule has 0 aliphatic carbocycles. The second-order valence-corrected chi connectivity index (χ2v) is 10.7. The fourth-order valence-electron chi connectivity index (χ4n) is 3.74. The molecule has 0 aromatic heterocycles. The van der Waals surface area contributed by atoms with Gasteiger partial charge in [0.05, 0.1) is 0 Å². The minimum atomic E-state index is -2.11. The van der Waals surface area contributed by atoms with Gasteiger partial charge in [0.15, 0.2) is 0 Å². The van der Waals surface area contributed by atoms with E-state index in [4.69, 9.17) is 4.43 Å². The summed E-state index contributed by atoms with van der Waals surface area (Å²) in [6.07, 6.45) is 1.64. The third kappa shape index (κ3) is 7.20. The van der Waals surface area contributed by atoms with Crippen LogP contribution >= 0.6 is 0 Å². The molecule has 0 radical (unpaired) electrons. The summed E-state index contributed by atoms with van der Waals surface area (Å²) >= 11 is 0. The Labute approximate surface area is 192 Å². The van der Waals surface area contributed by atoms with E-state index in [1.165, 1.54) is 0 Å². The van der Waals surface area contributed by atoms with E-state index in [9.17, 15) is 9.59 Å². The van der Waals surface area contributed by atoms with Crippen LogP contribution < -0.4 is 15.7 Å². The predicted octanol–water partition coefficient (Wildman–Crippen LogP) is 3.69. The van der Waals surface area contributed by atoms with Crippen molar-refractivity contribution in [2.45, 2.75) is 39.2 Å². The van der Waals surface area contributed by atoms with Crippen LogP contribution in [0.15, 0.2) is 91.0 Å². The molecule has 1 atom stereocenters. The number of nitrogens with one attached hydrogen (secondary N) is 1. The van der Waals surface area contributed by atoms with E-state index in [-0.39, 0.29) is 24.3 Å². The molecule has 0 aliphatic rings. The van der Waals surface area contributed by atoms with E-state index < -0.39 is 9.04 Å². The van der Waals surface area contributed by atoms with Crippen LogP contribution in [0, 0.1) is 5.92 Å². The molecule has 0 saturated carbocycles. The van der Waals surface area contributed by atoms with Gasteiger partial charge >= 0.3 is 9.04 Å². The molecule has 166 valence electrons. The molecule has 0 saturated heterocycles. The molecule has 0 fully saturated rings. The number of hydrogen-bond donors (Lipinski definition) is 1. The van der Waals surface area contributed by atoms with Crippen molar-refractivity contribution in [3.05, 3.63) is 96.6 Å². The van der Waals surface area contributed by atoms with Gasteiger partial charge in [0.2, 0.25) is 0 Å². The van der Waals surface area contributed by atoms with Crippen LogP contribution in [0.1, 0.15) is 43.5 Å². The summed E-state index contributed by atoms with van der Waals surface area (Å²) in [4.78, 5) is 25.5. The summed E-state index contributed by atoms with van der Waals surface area (Å²) in [5, 5.41) is 5.25. The average molecular weight is 446 g/mol. The molecule has 1 unspecified atom stereocenters. The van der Waals surface area contributed by atoms with E-state index in [1.54, 1.807) is 12.1 Å². The molecule has 0 spiro atoms. The van der Waals surface area contributed by atoms with Crippen molar-refractivity contribution in [2.24, 2.45) is 5.92 Å². The Bertz CT molecular complexity index is 938. The van der Waals surface area contributed by atoms with Crippen LogP contribution in [0.4, 0.5) is 0 Å². The number of hydrogen-bond acceptors (Lipinski definition) is 3. The highest BCUT2D eigenvalue weighted by Gasteiger charge is 2.23. The maximum absolute atomic E-state index is 12.8. The molecule has 4 nitrogen and oxygen atoms in total. The Balaban J connectivity index is 1.64. The van der Waals surface area contributed by atoms with Gasteiger partial charge in [-0.3, -0.25) is 9.59 Å². The second kappa shape index (κ2) is 12.0. The monoisotopic (exact) mass is 445 g/mol. The smallest absolute Gasteiger partial charge is 0.302 e. The molecule has 1 amide bonds. The van der Waals surface area contributed by atoms with Gasteiger partial charge in [-0.15, -0.1) is 0 Å². The molecular formula is C27H31NO3Si. The highest BCUT2D eigenvalue weighted by atomic mass is 28.3. The van der Waals surface area contributed by atoms with E-state index in [0.717, 1.165) is 16.8 Å². The third-order valence-corrected chi connectivity index (χ3v) is 7.76. The van der Waals surface area contributed by atoms with Crippen LogP contribution in [0.2, 0.25) is 0 Å². The fraction of sp³-hybridized carbons (Fsp3) is 0.259. The zero-order valence-electron chi connectivity index (χ0n) is 18.7. The summed E-state index contributed by atoms with van der Waals surface area (Å²) in [6, 6.07) is 29.0. The van der Waals surface area contributed by atoms with Crippen molar-refractivity contribution in [2.75, 3.05) is 0 Å². The number of carbonyl (C=O) groups is 2. The molecular weight excluding hydrogens is 414 g/mol. The number of amides is 1. The quantitative estimate of drug-likeness (QED) is 0.484. The van der Waals surface area contributed by atoms with E-state index >= 15 is 0 Å². The minimum absolute atomic E-state index is 0.0798. The highest BCUT2D eigenvalue weighted by molar-refractivity contribution is 6.81. The van der Waals surface area contributed by atoms with Crippen LogP contribution in [0.3, 0.4) is 0 Å². The van der Waals surface area contributed by atoms with Crippen molar-refractivity contribution in [1.82, 2.24) is 5.32 Å². The van der Waals surface area contributed by atoms with Gasteiger partial charge in [-0.05, 0) is 41.3 Å². The lowest BCUT2D eigenvalue weighted by atomic mass is 9.99. The van der Waals surface area contributed by atoms with E-state index in [2.05, 4.69) is 19.2 Å². The molecule has 0 bridgehead atoms. The largest absolute Gasteiger partial charge is 0.513 e. The number of rotatable bonds is 10. The maximum atomic E-state index is 12.8. The first-order valence-electron chi connectivity index (χ1n) is 11.2. The zero-order valence-corrected chi connectivity index (χ0v) is 19.9. The van der Waals surface area contributed by atoms with Gasteiger partial charge in [0.1, 0.15) is 0 Å². The molecule has 0 aliphatic heterocycles. The van der Waals surface area contributed by atoms with Crippen LogP contribution in [-0.2, 0) is 9.22 Å². The van der Waals surface area contributed by atoms with Gasteiger partial charge in [0, 0.05) is 18.0 Å². The van der Waals surface area contributed by atoms with E-state index in [1.807, 2.05) is 78.9 Å². The summed E-state index contributed by atoms with van der Waals surface area (Å²) in [7, 11) is -2.11. The Morgan fingerprint density at radius 3 is 1.81 bits per heavy atom. The minimum Gasteiger partial charge on any atom is -0.513 e. The van der Waals surface area contributed by atoms with Crippen molar-refractivity contribution < 1.29 is 14.0 Å². The first-order valence-corrected chi connectivity index (χ1v) is 12.8. The van der Waals surface area contributed by atoms with Crippen LogP contribution in [0.25, 0.3) is 0 Å². The van der Waals surface area contributed by atoms with Crippen molar-refractivity contribution in [3.63, 3.8) is 0 Å². The maximum Gasteiger partial charge on any atom is 0.302 e. The van der Waals surface area contributed by atoms with Gasteiger partial charge in [-0.1, -0.05) is 92.7 Å². The summed E-state index contributed by atoms with van der Waals surface area (Å²) in [5.74, 6) is 0.0883. The Morgan fingerprint density at radius 1 is 0.812 bits per heavy atom. The molecule has 5 heteroatoms. The topological polar surface area (TPSA) is 55.4 Å². The van der Waals surface area contributed by atoms with Crippen molar-refractivity contribution >= 4 is 31.3 Å². The van der Waals surface area contributed by atoms with Gasteiger partial charge in [-0.2, -0.15) is 0 Å². The molecule has 3 aromatic rings. The standard InChI is InChI=1S/C27H31NO3Si/c1-21(2)20-23(28-27(30)22-12-6-3-7-13-22)18-19-26(29)31-32(24-14-8-4-9-15-24)25-16-10-5-11-17-25/h3-17,21,23,32H,18-20H2,1-2H3,(H,28,30). The molecule has 0 heterocycles. The second-order valence-electron chi connectivity index (χ2n) is 8.40. The third-order valence-electron chi connectivity index (χ3n) is 5.28. The normalized spacial score (nSPS) is 11.9. The van der Waals surface area contributed by atoms with Gasteiger partial charge in [0.25, 0.3) is 11.9 Å². The molecule has 3 aromatic carbocycles. The zero-order chi connectivity index (χ0) is 22.8. The first-order chi connectivity index (χ1) is 15.5. The summed E-state index contributed by atoms with van der Waals surface area (Å²) in [5.41, 5.74) is 0.629.